The van der Waals surface area contributed by atoms with Crippen LogP contribution in [0.5, 0.6) is 0 Å². The largest absolute Gasteiger partial charge is 0.394 e. The third kappa shape index (κ3) is 89.1. The van der Waals surface area contributed by atoms with E-state index in [1.54, 1.807) is 0 Å². The molecule has 0 aliphatic rings. The molecule has 1 atom stereocenters. The van der Waals surface area contributed by atoms with E-state index < -0.39 is 6.10 Å². The van der Waals surface area contributed by atoms with Crippen LogP contribution in [0.1, 0.15) is 20.8 Å². The fraction of sp³-hybridized carbons (Fsp3) is 0.714. The first-order valence-corrected chi connectivity index (χ1v) is 2.91. The number of allylic oxidation sites excluding steroid dienone is 1. The second-order valence-corrected chi connectivity index (χ2v) is 2.24. The van der Waals surface area contributed by atoms with Gasteiger partial charge in [-0.25, -0.2) is 0 Å². The molecule has 0 saturated heterocycles. The normalized spacial score (nSPS) is 11.2. The summed E-state index contributed by atoms with van der Waals surface area (Å²) in [6.45, 7) is 8.89. The second kappa shape index (κ2) is 7.66. The molecule has 9 heavy (non-hydrogen) atoms. The molecule has 2 N–H and O–H groups in total. The lowest BCUT2D eigenvalue weighted by atomic mass is 10.4. The van der Waals surface area contributed by atoms with Crippen molar-refractivity contribution >= 4 is 0 Å². The van der Waals surface area contributed by atoms with Gasteiger partial charge in [-0.2, -0.15) is 0 Å². The average Bonchev–Trinajstić information content (AvgIpc) is 1.65. The Morgan fingerprint density at radius 2 is 1.67 bits per heavy atom. The molecule has 0 heterocycles. The first-order valence-electron chi connectivity index (χ1n) is 2.91. The van der Waals surface area contributed by atoms with E-state index in [2.05, 4.69) is 6.58 Å². The molecule has 0 aromatic carbocycles. The third-order valence-corrected chi connectivity index (χ3v) is 0.264. The monoisotopic (exact) mass is 132 g/mol. The summed E-state index contributed by atoms with van der Waals surface area (Å²) in [5.41, 5.74) is 1.17. The van der Waals surface area contributed by atoms with Crippen LogP contribution < -0.4 is 0 Å². The lowest BCUT2D eigenvalue weighted by Gasteiger charge is -1.90. The van der Waals surface area contributed by atoms with E-state index in [-0.39, 0.29) is 6.61 Å². The minimum absolute atomic E-state index is 0.139. The van der Waals surface area contributed by atoms with E-state index in [1.165, 1.54) is 12.5 Å². The maximum absolute atomic E-state index is 8.11. The van der Waals surface area contributed by atoms with Gasteiger partial charge in [0.05, 0.1) is 12.7 Å². The van der Waals surface area contributed by atoms with Gasteiger partial charge in [-0.15, -0.1) is 6.58 Å². The Hall–Kier alpha value is -0.340. The Morgan fingerprint density at radius 1 is 1.56 bits per heavy atom. The van der Waals surface area contributed by atoms with Crippen molar-refractivity contribution in [2.45, 2.75) is 26.9 Å². The van der Waals surface area contributed by atoms with Gasteiger partial charge in [0.1, 0.15) is 0 Å². The van der Waals surface area contributed by atoms with E-state index in [9.17, 15) is 0 Å². The van der Waals surface area contributed by atoms with Gasteiger partial charge < -0.3 is 10.2 Å². The fourth-order valence-electron chi connectivity index (χ4n) is 0. The van der Waals surface area contributed by atoms with Gasteiger partial charge in [-0.05, 0) is 20.8 Å². The van der Waals surface area contributed by atoms with Crippen molar-refractivity contribution in [2.24, 2.45) is 0 Å². The predicted octanol–water partition coefficient (Wildman–Crippen LogP) is 0.942. The van der Waals surface area contributed by atoms with Crippen LogP contribution >= 0.6 is 0 Å². The van der Waals surface area contributed by atoms with Gasteiger partial charge in [0, 0.05) is 0 Å². The lowest BCUT2D eigenvalue weighted by molar-refractivity contribution is 0.110. The molecule has 0 spiro atoms. The molecule has 0 aliphatic carbocycles. The SMILES string of the molecule is C=C(C)C.CC(O)CO. The minimum atomic E-state index is -0.560. The molecule has 0 fully saturated rings. The number of rotatable bonds is 1. The molecule has 0 aliphatic heterocycles. The molecular weight excluding hydrogens is 116 g/mol. The molecule has 1 unspecified atom stereocenters. The Kier molecular flexibility index (Phi) is 9.75. The highest BCUT2D eigenvalue weighted by molar-refractivity contribution is 4.78. The lowest BCUT2D eigenvalue weighted by Crippen LogP contribution is -2.03. The van der Waals surface area contributed by atoms with E-state index in [0.717, 1.165) is 0 Å². The third-order valence-electron chi connectivity index (χ3n) is 0.264. The van der Waals surface area contributed by atoms with E-state index in [0.29, 0.717) is 0 Å². The Bertz CT molecular complexity index is 63.3. The summed E-state index contributed by atoms with van der Waals surface area (Å²) >= 11 is 0. The molecule has 0 rings (SSSR count). The van der Waals surface area contributed by atoms with Crippen molar-refractivity contribution in [1.29, 1.82) is 0 Å². The quantitative estimate of drug-likeness (QED) is 0.521. The summed E-state index contributed by atoms with van der Waals surface area (Å²) in [5, 5.41) is 16.0. The topological polar surface area (TPSA) is 40.5 Å². The van der Waals surface area contributed by atoms with Crippen LogP contribution in [0.2, 0.25) is 0 Å². The van der Waals surface area contributed by atoms with Crippen LogP contribution in [0.25, 0.3) is 0 Å². The summed E-state index contributed by atoms with van der Waals surface area (Å²) < 4.78 is 0. The zero-order valence-electron chi connectivity index (χ0n) is 6.39. The van der Waals surface area contributed by atoms with Crippen molar-refractivity contribution in [1.82, 2.24) is 0 Å². The summed E-state index contributed by atoms with van der Waals surface area (Å²) in [7, 11) is 0. The van der Waals surface area contributed by atoms with Crippen molar-refractivity contribution in [3.05, 3.63) is 12.2 Å². The number of hydrogen-bond acceptors (Lipinski definition) is 2. The zero-order chi connectivity index (χ0) is 7.86. The Morgan fingerprint density at radius 3 is 1.67 bits per heavy atom. The van der Waals surface area contributed by atoms with Crippen LogP contribution in [-0.2, 0) is 0 Å². The average molecular weight is 132 g/mol. The summed E-state index contributed by atoms with van der Waals surface area (Å²) in [6, 6.07) is 0. The molecule has 0 aromatic rings. The minimum Gasteiger partial charge on any atom is -0.394 e. The standard InChI is InChI=1S/C4H8.C3H8O2/c1-4(2)3;1-3(5)2-4/h1H2,2-3H3;3-5H,2H2,1H3. The highest BCUT2D eigenvalue weighted by Gasteiger charge is 1.83. The van der Waals surface area contributed by atoms with E-state index in [1.807, 2.05) is 13.8 Å². The summed E-state index contributed by atoms with van der Waals surface area (Å²) in [5.74, 6) is 0. The van der Waals surface area contributed by atoms with Gasteiger partial charge in [0.15, 0.2) is 0 Å². The molecule has 0 radical (unpaired) electrons. The van der Waals surface area contributed by atoms with Crippen molar-refractivity contribution in [2.75, 3.05) is 6.61 Å². The molecule has 0 saturated carbocycles. The second-order valence-electron chi connectivity index (χ2n) is 2.24. The fourth-order valence-corrected chi connectivity index (χ4v) is 0. The highest BCUT2D eigenvalue weighted by Crippen LogP contribution is 1.73. The van der Waals surface area contributed by atoms with Crippen molar-refractivity contribution < 1.29 is 10.2 Å². The molecule has 0 bridgehead atoms. The first-order chi connectivity index (χ1) is 4.00. The van der Waals surface area contributed by atoms with E-state index in [4.69, 9.17) is 10.2 Å². The molecule has 2 heteroatoms. The predicted molar refractivity (Wildman–Crippen MR) is 39.3 cm³/mol. The van der Waals surface area contributed by atoms with Crippen LogP contribution in [0.4, 0.5) is 0 Å². The first kappa shape index (κ1) is 11.5. The molecule has 2 nitrogen and oxygen atoms in total. The Labute approximate surface area is 56.8 Å². The van der Waals surface area contributed by atoms with Gasteiger partial charge >= 0.3 is 0 Å². The molecule has 56 valence electrons. The van der Waals surface area contributed by atoms with Crippen LogP contribution in [0.3, 0.4) is 0 Å². The molecule has 0 aromatic heterocycles. The maximum Gasteiger partial charge on any atom is 0.0742 e. The smallest absolute Gasteiger partial charge is 0.0742 e. The van der Waals surface area contributed by atoms with Gasteiger partial charge in [0.2, 0.25) is 0 Å². The van der Waals surface area contributed by atoms with Crippen molar-refractivity contribution in [3.8, 4) is 0 Å². The zero-order valence-corrected chi connectivity index (χ0v) is 6.39. The Balaban J connectivity index is 0. The van der Waals surface area contributed by atoms with Gasteiger partial charge in [0.25, 0.3) is 0 Å². The van der Waals surface area contributed by atoms with Gasteiger partial charge in [-0.1, -0.05) is 5.57 Å². The van der Waals surface area contributed by atoms with Crippen LogP contribution in [0, 0.1) is 0 Å². The van der Waals surface area contributed by atoms with Crippen LogP contribution in [0.15, 0.2) is 12.2 Å². The number of hydrogen-bond donors (Lipinski definition) is 2. The van der Waals surface area contributed by atoms with Crippen molar-refractivity contribution in [3.63, 3.8) is 0 Å². The van der Waals surface area contributed by atoms with E-state index >= 15 is 0 Å². The summed E-state index contributed by atoms with van der Waals surface area (Å²) in [4.78, 5) is 0. The van der Waals surface area contributed by atoms with Gasteiger partial charge in [-0.3, -0.25) is 0 Å². The number of aliphatic hydroxyl groups excluding tert-OH is 2. The van der Waals surface area contributed by atoms with Crippen LogP contribution in [-0.4, -0.2) is 22.9 Å². The maximum atomic E-state index is 8.11. The molecule has 0 amide bonds. The number of aliphatic hydroxyl groups is 2. The molecular formula is C7H16O2. The highest BCUT2D eigenvalue weighted by atomic mass is 16.3. The summed E-state index contributed by atoms with van der Waals surface area (Å²) in [6.07, 6.45) is -0.560.